The van der Waals surface area contributed by atoms with Crippen LogP contribution in [0.5, 0.6) is 0 Å². The van der Waals surface area contributed by atoms with Gasteiger partial charge in [-0.15, -0.1) is 0 Å². The summed E-state index contributed by atoms with van der Waals surface area (Å²) in [7, 11) is 2.04. The number of pyridine rings is 1. The number of nitrogens with two attached hydrogens (primary N) is 1. The average molecular weight is 237 g/mol. The van der Waals surface area contributed by atoms with E-state index in [1.807, 2.05) is 19.3 Å². The van der Waals surface area contributed by atoms with Crippen molar-refractivity contribution in [2.75, 3.05) is 25.1 Å². The summed E-state index contributed by atoms with van der Waals surface area (Å²) in [4.78, 5) is 6.55. The molecule has 0 aliphatic heterocycles. The van der Waals surface area contributed by atoms with Crippen molar-refractivity contribution < 1.29 is 5.11 Å². The molecule has 4 nitrogen and oxygen atoms in total. The highest BCUT2D eigenvalue weighted by Crippen LogP contribution is 2.19. The summed E-state index contributed by atoms with van der Waals surface area (Å²) in [6, 6.07) is 1.99. The number of hydrogen-bond acceptors (Lipinski definition) is 4. The molecular weight excluding hydrogens is 214 g/mol. The summed E-state index contributed by atoms with van der Waals surface area (Å²) >= 11 is 0. The molecule has 0 unspecified atom stereocenters. The van der Waals surface area contributed by atoms with Crippen LogP contribution in [0.25, 0.3) is 0 Å². The smallest absolute Gasteiger partial charge is 0.133 e. The molecule has 1 rings (SSSR count). The van der Waals surface area contributed by atoms with Crippen LogP contribution in [0.4, 0.5) is 5.82 Å². The van der Waals surface area contributed by atoms with Gasteiger partial charge in [0, 0.05) is 38.5 Å². The molecule has 0 atom stereocenters. The number of rotatable bonds is 7. The predicted octanol–water partition coefficient (Wildman–Crippen LogP) is 1.45. The Morgan fingerprint density at radius 3 is 2.76 bits per heavy atom. The largest absolute Gasteiger partial charge is 0.396 e. The van der Waals surface area contributed by atoms with Gasteiger partial charge in [-0.3, -0.25) is 0 Å². The first-order valence-electron chi connectivity index (χ1n) is 6.17. The summed E-state index contributed by atoms with van der Waals surface area (Å²) in [6.45, 7) is 3.81. The molecule has 0 aliphatic carbocycles. The van der Waals surface area contributed by atoms with Crippen molar-refractivity contribution in [3.63, 3.8) is 0 Å². The van der Waals surface area contributed by atoms with E-state index in [0.717, 1.165) is 37.2 Å². The molecule has 0 bridgehead atoms. The number of nitrogens with zero attached hydrogens (tertiary/aromatic N) is 2. The van der Waals surface area contributed by atoms with Crippen molar-refractivity contribution in [3.8, 4) is 0 Å². The van der Waals surface area contributed by atoms with Gasteiger partial charge in [0.05, 0.1) is 0 Å². The molecule has 96 valence electrons. The van der Waals surface area contributed by atoms with Gasteiger partial charge in [0.1, 0.15) is 5.82 Å². The second-order valence-corrected chi connectivity index (χ2v) is 4.34. The maximum absolute atomic E-state index is 8.72. The normalized spacial score (nSPS) is 10.6. The van der Waals surface area contributed by atoms with Gasteiger partial charge in [-0.05, 0) is 37.8 Å². The molecule has 1 heterocycles. The number of aryl methyl sites for hydroxylation is 1. The van der Waals surface area contributed by atoms with Crippen molar-refractivity contribution in [1.29, 1.82) is 0 Å². The molecule has 0 saturated carbocycles. The van der Waals surface area contributed by atoms with Gasteiger partial charge in [-0.2, -0.15) is 0 Å². The van der Waals surface area contributed by atoms with E-state index in [1.54, 1.807) is 0 Å². The Morgan fingerprint density at radius 2 is 2.12 bits per heavy atom. The molecule has 1 aromatic rings. The zero-order chi connectivity index (χ0) is 12.7. The fourth-order valence-electron chi connectivity index (χ4n) is 1.90. The van der Waals surface area contributed by atoms with E-state index in [1.165, 1.54) is 5.56 Å². The minimum absolute atomic E-state index is 0.278. The lowest BCUT2D eigenvalue weighted by molar-refractivity contribution is 0.283. The highest BCUT2D eigenvalue weighted by molar-refractivity contribution is 5.49. The highest BCUT2D eigenvalue weighted by Gasteiger charge is 2.09. The lowest BCUT2D eigenvalue weighted by Crippen LogP contribution is -2.22. The van der Waals surface area contributed by atoms with Gasteiger partial charge in [0.25, 0.3) is 0 Å². The molecule has 0 radical (unpaired) electrons. The quantitative estimate of drug-likeness (QED) is 0.705. The number of hydrogen-bond donors (Lipinski definition) is 2. The van der Waals surface area contributed by atoms with Crippen LogP contribution in [-0.4, -0.2) is 30.3 Å². The maximum Gasteiger partial charge on any atom is 0.133 e. The summed E-state index contributed by atoms with van der Waals surface area (Å²) in [5.74, 6) is 0.983. The van der Waals surface area contributed by atoms with Crippen LogP contribution in [0.1, 0.15) is 30.4 Å². The van der Waals surface area contributed by atoms with Gasteiger partial charge >= 0.3 is 0 Å². The fraction of sp³-hybridized carbons (Fsp3) is 0.615. The molecular formula is C13H23N3O. The number of aliphatic hydroxyl groups excluding tert-OH is 1. The van der Waals surface area contributed by atoms with Crippen molar-refractivity contribution in [1.82, 2.24) is 4.98 Å². The summed E-state index contributed by atoms with van der Waals surface area (Å²) in [6.07, 6.45) is 4.81. The lowest BCUT2D eigenvalue weighted by atomic mass is 10.1. The Labute approximate surface area is 103 Å². The first-order valence-corrected chi connectivity index (χ1v) is 6.17. The summed E-state index contributed by atoms with van der Waals surface area (Å²) < 4.78 is 0. The Kier molecular flexibility index (Phi) is 5.94. The Bertz CT molecular complexity index is 341. The minimum atomic E-state index is 0.278. The second kappa shape index (κ2) is 7.25. The van der Waals surface area contributed by atoms with Crippen LogP contribution >= 0.6 is 0 Å². The number of anilines is 1. The molecule has 4 heteroatoms. The topological polar surface area (TPSA) is 62.4 Å². The summed E-state index contributed by atoms with van der Waals surface area (Å²) in [5, 5.41) is 8.72. The Balaban J connectivity index is 2.61. The van der Waals surface area contributed by atoms with E-state index in [4.69, 9.17) is 10.8 Å². The van der Waals surface area contributed by atoms with Crippen molar-refractivity contribution >= 4 is 5.82 Å². The zero-order valence-electron chi connectivity index (χ0n) is 10.8. The maximum atomic E-state index is 8.72. The first-order chi connectivity index (χ1) is 8.20. The molecule has 1 aromatic heterocycles. The van der Waals surface area contributed by atoms with E-state index < -0.39 is 0 Å². The van der Waals surface area contributed by atoms with Crippen LogP contribution in [-0.2, 0) is 6.54 Å². The van der Waals surface area contributed by atoms with Crippen LogP contribution < -0.4 is 10.6 Å². The third-order valence-corrected chi connectivity index (χ3v) is 2.98. The Hall–Kier alpha value is -1.13. The molecule has 0 aliphatic rings. The van der Waals surface area contributed by atoms with Crippen LogP contribution in [0.15, 0.2) is 12.3 Å². The SMILES string of the molecule is Cc1ccnc(N(C)CCCCCO)c1CN. The monoisotopic (exact) mass is 237 g/mol. The second-order valence-electron chi connectivity index (χ2n) is 4.34. The van der Waals surface area contributed by atoms with Gasteiger partial charge in [-0.25, -0.2) is 4.98 Å². The van der Waals surface area contributed by atoms with E-state index in [9.17, 15) is 0 Å². The van der Waals surface area contributed by atoms with Crippen LogP contribution in [0.3, 0.4) is 0 Å². The highest BCUT2D eigenvalue weighted by atomic mass is 16.2. The third kappa shape index (κ3) is 3.98. The van der Waals surface area contributed by atoms with E-state index in [-0.39, 0.29) is 6.61 Å². The molecule has 0 amide bonds. The van der Waals surface area contributed by atoms with E-state index in [2.05, 4.69) is 16.8 Å². The van der Waals surface area contributed by atoms with Crippen molar-refractivity contribution in [2.24, 2.45) is 5.73 Å². The third-order valence-electron chi connectivity index (χ3n) is 2.98. The molecule has 0 fully saturated rings. The van der Waals surface area contributed by atoms with Crippen LogP contribution in [0, 0.1) is 6.92 Å². The average Bonchev–Trinajstić information content (AvgIpc) is 2.34. The first kappa shape index (κ1) is 13.9. The Morgan fingerprint density at radius 1 is 1.35 bits per heavy atom. The number of unbranched alkanes of at least 4 members (excludes halogenated alkanes) is 2. The molecule has 17 heavy (non-hydrogen) atoms. The zero-order valence-corrected chi connectivity index (χ0v) is 10.8. The summed E-state index contributed by atoms with van der Waals surface area (Å²) in [5.41, 5.74) is 8.08. The molecule has 0 spiro atoms. The molecule has 0 aromatic carbocycles. The lowest BCUT2D eigenvalue weighted by Gasteiger charge is -2.21. The minimum Gasteiger partial charge on any atom is -0.396 e. The van der Waals surface area contributed by atoms with E-state index >= 15 is 0 Å². The van der Waals surface area contributed by atoms with Gasteiger partial charge in [0.15, 0.2) is 0 Å². The predicted molar refractivity (Wildman–Crippen MR) is 71.1 cm³/mol. The number of aliphatic hydroxyl groups is 1. The van der Waals surface area contributed by atoms with Crippen molar-refractivity contribution in [3.05, 3.63) is 23.4 Å². The van der Waals surface area contributed by atoms with Crippen molar-refractivity contribution in [2.45, 2.75) is 32.7 Å². The molecule has 3 N–H and O–H groups in total. The van der Waals surface area contributed by atoms with Gasteiger partial charge in [0.2, 0.25) is 0 Å². The number of aromatic nitrogens is 1. The van der Waals surface area contributed by atoms with Crippen LogP contribution in [0.2, 0.25) is 0 Å². The molecule has 0 saturated heterocycles. The van der Waals surface area contributed by atoms with Gasteiger partial charge in [-0.1, -0.05) is 0 Å². The standard InChI is InChI=1S/C13H23N3O/c1-11-6-7-15-13(12(11)10-14)16(2)8-4-3-5-9-17/h6-7,17H,3-5,8-10,14H2,1-2H3. The fourth-order valence-corrected chi connectivity index (χ4v) is 1.90. The van der Waals surface area contributed by atoms with E-state index in [0.29, 0.717) is 6.54 Å². The van der Waals surface area contributed by atoms with Gasteiger partial charge < -0.3 is 15.7 Å².